The molecule has 0 atom stereocenters. The van der Waals surface area contributed by atoms with Crippen LogP contribution >= 0.6 is 0 Å². The number of imidazole rings is 1. The predicted molar refractivity (Wildman–Crippen MR) is 86.5 cm³/mol. The molecule has 2 aromatic heterocycles. The van der Waals surface area contributed by atoms with E-state index >= 15 is 0 Å². The minimum Gasteiger partial charge on any atom is -0.494 e. The second-order valence-corrected chi connectivity index (χ2v) is 5.08. The molecule has 0 radical (unpaired) electrons. The second kappa shape index (κ2) is 5.97. The minimum absolute atomic E-state index is 0.654. The van der Waals surface area contributed by atoms with Gasteiger partial charge in [-0.05, 0) is 56.7 Å². The quantitative estimate of drug-likeness (QED) is 0.651. The average Bonchev–Trinajstić information content (AvgIpc) is 2.82. The van der Waals surface area contributed by atoms with E-state index in [1.807, 2.05) is 67.8 Å². The third-order valence-corrected chi connectivity index (χ3v) is 3.32. The number of benzene rings is 1. The molecule has 5 nitrogen and oxygen atoms in total. The summed E-state index contributed by atoms with van der Waals surface area (Å²) in [7, 11) is 0. The van der Waals surface area contributed by atoms with Crippen molar-refractivity contribution in [3.63, 3.8) is 0 Å². The molecular weight excluding hydrogens is 276 g/mol. The normalized spacial score (nSPS) is 11.4. The van der Waals surface area contributed by atoms with Gasteiger partial charge in [-0.25, -0.2) is 4.98 Å². The zero-order chi connectivity index (χ0) is 15.5. The molecule has 3 rings (SSSR count). The lowest BCUT2D eigenvalue weighted by atomic mass is 10.3. The minimum atomic E-state index is 0.654. The van der Waals surface area contributed by atoms with Gasteiger partial charge in [0.25, 0.3) is 0 Å². The van der Waals surface area contributed by atoms with Gasteiger partial charge >= 0.3 is 0 Å². The summed E-state index contributed by atoms with van der Waals surface area (Å²) in [4.78, 5) is 4.49. The van der Waals surface area contributed by atoms with Gasteiger partial charge in [-0.2, -0.15) is 0 Å². The summed E-state index contributed by atoms with van der Waals surface area (Å²) in [6, 6.07) is 11.6. The number of aromatic nitrogens is 2. The molecular formula is C17H18N4O. The third kappa shape index (κ3) is 2.83. The number of rotatable bonds is 4. The molecule has 0 aliphatic carbocycles. The fourth-order valence-electron chi connectivity index (χ4n) is 2.26. The molecule has 0 N–H and O–H groups in total. The molecule has 0 bridgehead atoms. The highest BCUT2D eigenvalue weighted by Gasteiger charge is 2.07. The maximum atomic E-state index is 5.41. The van der Waals surface area contributed by atoms with Crippen molar-refractivity contribution in [2.45, 2.75) is 20.8 Å². The summed E-state index contributed by atoms with van der Waals surface area (Å²) >= 11 is 0. The van der Waals surface area contributed by atoms with Crippen LogP contribution in [0.3, 0.4) is 0 Å². The van der Waals surface area contributed by atoms with Crippen molar-refractivity contribution < 1.29 is 4.74 Å². The van der Waals surface area contributed by atoms with Gasteiger partial charge < -0.3 is 4.74 Å². The van der Waals surface area contributed by atoms with Crippen LogP contribution in [0, 0.1) is 13.8 Å². The first-order chi connectivity index (χ1) is 10.7. The highest BCUT2D eigenvalue weighted by molar-refractivity contribution is 5.52. The van der Waals surface area contributed by atoms with E-state index in [2.05, 4.69) is 15.2 Å². The van der Waals surface area contributed by atoms with Crippen molar-refractivity contribution in [3.8, 4) is 5.75 Å². The molecule has 0 unspecified atom stereocenters. The van der Waals surface area contributed by atoms with Crippen LogP contribution in [0.15, 0.2) is 52.8 Å². The number of fused-ring (bicyclic) bond motifs is 1. The summed E-state index contributed by atoms with van der Waals surface area (Å²) in [6.07, 6.45) is 2.02. The van der Waals surface area contributed by atoms with Crippen LogP contribution in [0.25, 0.3) is 5.65 Å². The number of hydrogen-bond donors (Lipinski definition) is 0. The fourth-order valence-corrected chi connectivity index (χ4v) is 2.26. The van der Waals surface area contributed by atoms with Crippen LogP contribution in [0.2, 0.25) is 0 Å². The Kier molecular flexibility index (Phi) is 3.87. The van der Waals surface area contributed by atoms with Crippen LogP contribution in [0.5, 0.6) is 5.75 Å². The van der Waals surface area contributed by atoms with E-state index in [-0.39, 0.29) is 0 Å². The molecule has 0 spiro atoms. The summed E-state index contributed by atoms with van der Waals surface area (Å²) in [5.74, 6) is 1.59. The van der Waals surface area contributed by atoms with Crippen LogP contribution in [0.4, 0.5) is 11.5 Å². The zero-order valence-corrected chi connectivity index (χ0v) is 12.9. The van der Waals surface area contributed by atoms with Gasteiger partial charge in [0.05, 0.1) is 18.0 Å². The predicted octanol–water partition coefficient (Wildman–Crippen LogP) is 4.77. The first-order valence-corrected chi connectivity index (χ1v) is 7.27. The highest BCUT2D eigenvalue weighted by Crippen LogP contribution is 2.25. The number of azo groups is 1. The average molecular weight is 294 g/mol. The van der Waals surface area contributed by atoms with Gasteiger partial charge in [-0.15, -0.1) is 10.2 Å². The summed E-state index contributed by atoms with van der Waals surface area (Å²) in [5.41, 5.74) is 3.68. The zero-order valence-electron chi connectivity index (χ0n) is 12.9. The Labute approximate surface area is 129 Å². The monoisotopic (exact) mass is 294 g/mol. The number of nitrogens with zero attached hydrogens (tertiary/aromatic N) is 4. The second-order valence-electron chi connectivity index (χ2n) is 5.08. The lowest BCUT2D eigenvalue weighted by molar-refractivity contribution is 0.340. The lowest BCUT2D eigenvalue weighted by Gasteiger charge is -2.01. The smallest absolute Gasteiger partial charge is 0.182 e. The Morgan fingerprint density at radius 3 is 2.55 bits per heavy atom. The Hall–Kier alpha value is -2.69. The topological polar surface area (TPSA) is 51.2 Å². The Morgan fingerprint density at radius 1 is 1.05 bits per heavy atom. The highest BCUT2D eigenvalue weighted by atomic mass is 16.5. The van der Waals surface area contributed by atoms with E-state index in [4.69, 9.17) is 4.74 Å². The summed E-state index contributed by atoms with van der Waals surface area (Å²) in [6.45, 7) is 6.60. The van der Waals surface area contributed by atoms with Crippen molar-refractivity contribution in [3.05, 3.63) is 53.9 Å². The molecule has 2 heterocycles. The van der Waals surface area contributed by atoms with Gasteiger partial charge in [0.1, 0.15) is 11.4 Å². The van der Waals surface area contributed by atoms with Crippen LogP contribution in [-0.4, -0.2) is 16.0 Å². The van der Waals surface area contributed by atoms with E-state index in [0.29, 0.717) is 6.61 Å². The van der Waals surface area contributed by atoms with Crippen molar-refractivity contribution in [2.24, 2.45) is 10.2 Å². The van der Waals surface area contributed by atoms with E-state index < -0.39 is 0 Å². The molecule has 5 heteroatoms. The largest absolute Gasteiger partial charge is 0.494 e. The van der Waals surface area contributed by atoms with Crippen molar-refractivity contribution >= 4 is 17.2 Å². The Bertz CT molecular complexity index is 819. The molecule has 22 heavy (non-hydrogen) atoms. The van der Waals surface area contributed by atoms with E-state index in [0.717, 1.165) is 34.2 Å². The molecule has 0 aliphatic rings. The molecule has 0 fully saturated rings. The van der Waals surface area contributed by atoms with E-state index in [1.54, 1.807) is 0 Å². The van der Waals surface area contributed by atoms with Crippen LogP contribution in [0.1, 0.15) is 18.2 Å². The van der Waals surface area contributed by atoms with Crippen LogP contribution in [-0.2, 0) is 0 Å². The Morgan fingerprint density at radius 2 is 1.82 bits per heavy atom. The molecule has 0 amide bonds. The van der Waals surface area contributed by atoms with Crippen molar-refractivity contribution in [1.29, 1.82) is 0 Å². The van der Waals surface area contributed by atoms with Gasteiger partial charge in [0, 0.05) is 6.20 Å². The Balaban J connectivity index is 1.91. The molecule has 1 aromatic carbocycles. The van der Waals surface area contributed by atoms with Gasteiger partial charge in [0.15, 0.2) is 5.82 Å². The summed E-state index contributed by atoms with van der Waals surface area (Å²) < 4.78 is 7.38. The number of ether oxygens (including phenoxy) is 1. The van der Waals surface area contributed by atoms with Gasteiger partial charge in [-0.3, -0.25) is 4.40 Å². The molecule has 3 aromatic rings. The number of aryl methyl sites for hydroxylation is 2. The maximum absolute atomic E-state index is 5.41. The van der Waals surface area contributed by atoms with E-state index in [9.17, 15) is 0 Å². The van der Waals surface area contributed by atoms with Gasteiger partial charge in [0.2, 0.25) is 0 Å². The number of pyridine rings is 1. The van der Waals surface area contributed by atoms with Crippen molar-refractivity contribution in [2.75, 3.05) is 6.61 Å². The van der Waals surface area contributed by atoms with Crippen LogP contribution < -0.4 is 4.74 Å². The fraction of sp³-hybridized carbons (Fsp3) is 0.235. The molecule has 0 saturated heterocycles. The molecule has 112 valence electrons. The first-order valence-electron chi connectivity index (χ1n) is 7.27. The maximum Gasteiger partial charge on any atom is 0.182 e. The molecule has 0 saturated carbocycles. The lowest BCUT2D eigenvalue weighted by Crippen LogP contribution is -1.89. The first kappa shape index (κ1) is 14.3. The SMILES string of the molecule is CCOc1ccc(N=Nc2c(C)nc3ccc(C)cn23)cc1. The standard InChI is InChI=1S/C17H18N4O/c1-4-22-15-8-6-14(7-9-15)19-20-17-13(3)18-16-10-5-12(2)11-21(16)17/h5-11H,4H2,1-3H3. The van der Waals surface area contributed by atoms with Crippen molar-refractivity contribution in [1.82, 2.24) is 9.38 Å². The number of hydrogen-bond acceptors (Lipinski definition) is 4. The summed E-state index contributed by atoms with van der Waals surface area (Å²) in [5, 5.41) is 8.66. The third-order valence-electron chi connectivity index (χ3n) is 3.32. The van der Waals surface area contributed by atoms with Gasteiger partial charge in [-0.1, -0.05) is 6.07 Å². The molecule has 0 aliphatic heterocycles. The van der Waals surface area contributed by atoms with E-state index in [1.165, 1.54) is 0 Å².